The monoisotopic (exact) mass is 425 g/mol. The fourth-order valence-electron chi connectivity index (χ4n) is 2.59. The van der Waals surface area contributed by atoms with Crippen LogP contribution in [-0.2, 0) is 6.61 Å². The maximum absolute atomic E-state index is 12.6. The molecule has 0 bridgehead atoms. The molecule has 7 nitrogen and oxygen atoms in total. The quantitative estimate of drug-likeness (QED) is 0.491. The number of halogens is 1. The molecule has 0 aliphatic rings. The van der Waals surface area contributed by atoms with Crippen molar-refractivity contribution >= 4 is 34.5 Å². The van der Waals surface area contributed by atoms with Gasteiger partial charge in [-0.1, -0.05) is 11.6 Å². The van der Waals surface area contributed by atoms with Gasteiger partial charge in [-0.05, 0) is 49.4 Å². The maximum Gasteiger partial charge on any atom is 0.267 e. The standard InChI is InChI=1S/C20H16ClN5O2S/c1-13-19(29-18(24-13)12-28-16-6-3-14(21)4-7-16)20(27)25-15-5-8-17(22-11-15)26-10-2-9-23-26/h2-11H,12H2,1H3,(H,25,27). The lowest BCUT2D eigenvalue weighted by molar-refractivity contribution is 0.103. The van der Waals surface area contributed by atoms with E-state index in [1.54, 1.807) is 66.6 Å². The minimum absolute atomic E-state index is 0.230. The van der Waals surface area contributed by atoms with Gasteiger partial charge in [0.15, 0.2) is 5.82 Å². The van der Waals surface area contributed by atoms with E-state index in [1.165, 1.54) is 11.3 Å². The van der Waals surface area contributed by atoms with Crippen LogP contribution in [-0.4, -0.2) is 25.7 Å². The van der Waals surface area contributed by atoms with E-state index in [-0.39, 0.29) is 12.5 Å². The average Bonchev–Trinajstić information content (AvgIpc) is 3.38. The topological polar surface area (TPSA) is 81.9 Å². The lowest BCUT2D eigenvalue weighted by Crippen LogP contribution is -2.12. The van der Waals surface area contributed by atoms with E-state index in [1.807, 2.05) is 6.07 Å². The molecule has 3 aromatic heterocycles. The van der Waals surface area contributed by atoms with Crippen molar-refractivity contribution in [2.75, 3.05) is 5.32 Å². The Hall–Kier alpha value is -3.23. The van der Waals surface area contributed by atoms with Gasteiger partial charge >= 0.3 is 0 Å². The predicted octanol–water partition coefficient (Wildman–Crippen LogP) is 4.52. The first-order chi connectivity index (χ1) is 14.1. The molecule has 0 aliphatic heterocycles. The Morgan fingerprint density at radius 1 is 1.24 bits per heavy atom. The highest BCUT2D eigenvalue weighted by molar-refractivity contribution is 7.13. The Morgan fingerprint density at radius 2 is 2.07 bits per heavy atom. The van der Waals surface area contributed by atoms with Crippen LogP contribution in [0, 0.1) is 6.92 Å². The number of hydrogen-bond donors (Lipinski definition) is 1. The summed E-state index contributed by atoms with van der Waals surface area (Å²) in [5.74, 6) is 1.13. The van der Waals surface area contributed by atoms with Gasteiger partial charge in [-0.25, -0.2) is 14.6 Å². The summed E-state index contributed by atoms with van der Waals surface area (Å²) in [6.07, 6.45) is 5.07. The number of pyridine rings is 1. The van der Waals surface area contributed by atoms with E-state index < -0.39 is 0 Å². The summed E-state index contributed by atoms with van der Waals surface area (Å²) in [5, 5.41) is 8.34. The minimum Gasteiger partial charge on any atom is -0.486 e. The third-order valence-electron chi connectivity index (χ3n) is 3.97. The zero-order valence-corrected chi connectivity index (χ0v) is 16.9. The molecule has 0 saturated carbocycles. The number of nitrogens with zero attached hydrogens (tertiary/aromatic N) is 4. The van der Waals surface area contributed by atoms with Crippen LogP contribution in [0.4, 0.5) is 5.69 Å². The van der Waals surface area contributed by atoms with E-state index in [2.05, 4.69) is 20.4 Å². The highest BCUT2D eigenvalue weighted by atomic mass is 35.5. The molecular weight excluding hydrogens is 410 g/mol. The van der Waals surface area contributed by atoms with E-state index in [0.717, 1.165) is 5.01 Å². The zero-order chi connectivity index (χ0) is 20.2. The van der Waals surface area contributed by atoms with Crippen molar-refractivity contribution in [1.29, 1.82) is 0 Å². The molecule has 1 amide bonds. The lowest BCUT2D eigenvalue weighted by Gasteiger charge is -2.05. The van der Waals surface area contributed by atoms with Crippen molar-refractivity contribution in [3.63, 3.8) is 0 Å². The molecule has 29 heavy (non-hydrogen) atoms. The van der Waals surface area contributed by atoms with Crippen LogP contribution < -0.4 is 10.1 Å². The largest absolute Gasteiger partial charge is 0.486 e. The third-order valence-corrected chi connectivity index (χ3v) is 5.35. The van der Waals surface area contributed by atoms with Crippen molar-refractivity contribution in [2.45, 2.75) is 13.5 Å². The molecule has 1 N–H and O–H groups in total. The molecule has 0 fully saturated rings. The fraction of sp³-hybridized carbons (Fsp3) is 0.100. The normalized spacial score (nSPS) is 10.7. The Labute approximate surface area is 176 Å². The Kier molecular flexibility index (Phi) is 5.55. The Balaban J connectivity index is 1.40. The van der Waals surface area contributed by atoms with Crippen LogP contribution >= 0.6 is 22.9 Å². The first-order valence-corrected chi connectivity index (χ1v) is 9.90. The van der Waals surface area contributed by atoms with E-state index in [0.29, 0.717) is 32.8 Å². The SMILES string of the molecule is Cc1nc(COc2ccc(Cl)cc2)sc1C(=O)Nc1ccc(-n2cccn2)nc1. The smallest absolute Gasteiger partial charge is 0.267 e. The van der Waals surface area contributed by atoms with E-state index >= 15 is 0 Å². The Bertz CT molecular complexity index is 1110. The summed E-state index contributed by atoms with van der Waals surface area (Å²) >= 11 is 7.17. The molecule has 0 atom stereocenters. The number of amides is 1. The van der Waals surface area contributed by atoms with Crippen LogP contribution in [0.5, 0.6) is 5.75 Å². The van der Waals surface area contributed by atoms with Crippen LogP contribution in [0.1, 0.15) is 20.4 Å². The molecule has 0 radical (unpaired) electrons. The molecule has 9 heteroatoms. The van der Waals surface area contributed by atoms with Crippen molar-refractivity contribution in [1.82, 2.24) is 19.7 Å². The third kappa shape index (κ3) is 4.61. The summed E-state index contributed by atoms with van der Waals surface area (Å²) in [6.45, 7) is 2.08. The van der Waals surface area contributed by atoms with Gasteiger partial charge in [0.05, 0.1) is 17.6 Å². The molecule has 4 rings (SSSR count). The van der Waals surface area contributed by atoms with Gasteiger partial charge in [0, 0.05) is 17.4 Å². The second-order valence-corrected chi connectivity index (χ2v) is 7.59. The number of anilines is 1. The minimum atomic E-state index is -0.230. The van der Waals surface area contributed by atoms with Gasteiger partial charge < -0.3 is 10.1 Å². The van der Waals surface area contributed by atoms with Crippen molar-refractivity contribution in [2.24, 2.45) is 0 Å². The molecule has 0 unspecified atom stereocenters. The van der Waals surface area contributed by atoms with Gasteiger partial charge in [0.1, 0.15) is 22.2 Å². The van der Waals surface area contributed by atoms with Crippen molar-refractivity contribution in [3.05, 3.63) is 81.7 Å². The number of benzene rings is 1. The van der Waals surface area contributed by atoms with Crippen molar-refractivity contribution < 1.29 is 9.53 Å². The summed E-state index contributed by atoms with van der Waals surface area (Å²) in [7, 11) is 0. The number of hydrogen-bond acceptors (Lipinski definition) is 6. The van der Waals surface area contributed by atoms with Crippen LogP contribution in [0.15, 0.2) is 61.1 Å². The summed E-state index contributed by atoms with van der Waals surface area (Å²) < 4.78 is 7.35. The molecule has 146 valence electrons. The molecular formula is C20H16ClN5O2S. The Morgan fingerprint density at radius 3 is 2.76 bits per heavy atom. The average molecular weight is 426 g/mol. The highest BCUT2D eigenvalue weighted by Crippen LogP contribution is 2.22. The number of carbonyl (C=O) groups is 1. The van der Waals surface area contributed by atoms with Gasteiger partial charge in [-0.3, -0.25) is 4.79 Å². The van der Waals surface area contributed by atoms with Gasteiger partial charge in [-0.2, -0.15) is 5.10 Å². The number of aryl methyl sites for hydroxylation is 1. The molecule has 0 spiro atoms. The second-order valence-electron chi connectivity index (χ2n) is 6.07. The highest BCUT2D eigenvalue weighted by Gasteiger charge is 2.16. The molecule has 3 heterocycles. The summed E-state index contributed by atoms with van der Waals surface area (Å²) in [6, 6.07) is 12.5. The maximum atomic E-state index is 12.6. The number of rotatable bonds is 6. The van der Waals surface area contributed by atoms with Crippen LogP contribution in [0.2, 0.25) is 5.02 Å². The zero-order valence-electron chi connectivity index (χ0n) is 15.4. The number of ether oxygens (including phenoxy) is 1. The summed E-state index contributed by atoms with van der Waals surface area (Å²) in [5.41, 5.74) is 1.25. The first-order valence-electron chi connectivity index (χ1n) is 8.70. The lowest BCUT2D eigenvalue weighted by atomic mass is 10.3. The van der Waals surface area contributed by atoms with E-state index in [4.69, 9.17) is 16.3 Å². The number of nitrogens with one attached hydrogen (secondary N) is 1. The van der Waals surface area contributed by atoms with Gasteiger partial charge in [-0.15, -0.1) is 11.3 Å². The molecule has 0 aliphatic carbocycles. The second kappa shape index (κ2) is 8.42. The van der Waals surface area contributed by atoms with Crippen LogP contribution in [0.3, 0.4) is 0 Å². The van der Waals surface area contributed by atoms with Crippen molar-refractivity contribution in [3.8, 4) is 11.6 Å². The van der Waals surface area contributed by atoms with E-state index in [9.17, 15) is 4.79 Å². The first kappa shape index (κ1) is 19.1. The van der Waals surface area contributed by atoms with Gasteiger partial charge in [0.25, 0.3) is 5.91 Å². The van der Waals surface area contributed by atoms with Crippen LogP contribution in [0.25, 0.3) is 5.82 Å². The number of aromatic nitrogens is 4. The number of thiazole rings is 1. The number of carbonyl (C=O) groups excluding carboxylic acids is 1. The fourth-order valence-corrected chi connectivity index (χ4v) is 3.59. The van der Waals surface area contributed by atoms with Gasteiger partial charge in [0.2, 0.25) is 0 Å². The molecule has 4 aromatic rings. The molecule has 0 saturated heterocycles. The summed E-state index contributed by atoms with van der Waals surface area (Å²) in [4.78, 5) is 21.9. The predicted molar refractivity (Wildman–Crippen MR) is 112 cm³/mol. The molecule has 1 aromatic carbocycles.